The van der Waals surface area contributed by atoms with Crippen molar-refractivity contribution in [2.45, 2.75) is 0 Å². The van der Waals surface area contributed by atoms with Crippen molar-refractivity contribution < 1.29 is 87.6 Å². The van der Waals surface area contributed by atoms with Gasteiger partial charge in [-0.15, -0.1) is 0 Å². The molecule has 6 heteroatoms. The summed E-state index contributed by atoms with van der Waals surface area (Å²) in [6, 6.07) is 0. The second-order valence-electron chi connectivity index (χ2n) is 0. The van der Waals surface area contributed by atoms with Crippen molar-refractivity contribution in [1.29, 1.82) is 0 Å². The Kier molecular flexibility index (Phi) is 912. The van der Waals surface area contributed by atoms with Crippen LogP contribution >= 0.6 is 0 Å². The smallest absolute Gasteiger partial charge is 0.412 e. The van der Waals surface area contributed by atoms with Gasteiger partial charge in [-0.3, -0.25) is 0 Å². The second-order valence-corrected chi connectivity index (χ2v) is 0. The summed E-state index contributed by atoms with van der Waals surface area (Å²) in [5, 5.41) is 0. The maximum atomic E-state index is 0. The first kappa shape index (κ1) is 92.0. The number of rotatable bonds is 0. The van der Waals surface area contributed by atoms with Crippen molar-refractivity contribution in [2.24, 2.45) is 0 Å². The van der Waals surface area contributed by atoms with Crippen LogP contribution in [0.2, 0.25) is 0 Å². The Morgan fingerprint density at radius 1 is 0.667 bits per heavy atom. The summed E-state index contributed by atoms with van der Waals surface area (Å²) in [6.45, 7) is 0. The maximum Gasteiger partial charge on any atom is 1.00 e. The number of hydrogen-bond acceptors (Lipinski definition) is 1. The standard InChI is InChI=1S/K.H3N.3H2O.Os/h;1H3;3*1H2;/q+1;;;;;. The molecule has 0 saturated heterocycles. The molecule has 0 heterocycles. The molecule has 0 aliphatic heterocycles. The van der Waals surface area contributed by atoms with E-state index < -0.39 is 0 Å². The molecule has 0 unspecified atom stereocenters. The monoisotopic (exact) mass is 302 g/mol. The van der Waals surface area contributed by atoms with Gasteiger partial charge >= 0.3 is 51.4 Å². The third kappa shape index (κ3) is 35.8. The van der Waals surface area contributed by atoms with Gasteiger partial charge < -0.3 is 22.6 Å². The number of hydrogen-bond donors (Lipinski definition) is 1. The fourth-order valence-electron chi connectivity index (χ4n) is 0. The molecule has 0 aromatic rings. The third-order valence-electron chi connectivity index (χ3n) is 0. The normalized spacial score (nSPS) is 0. The van der Waals surface area contributed by atoms with E-state index in [0.717, 1.165) is 0 Å². The molecule has 0 aliphatic carbocycles. The Hall–Kier alpha value is 2.11. The van der Waals surface area contributed by atoms with E-state index in [-0.39, 0.29) is 93.8 Å². The van der Waals surface area contributed by atoms with E-state index in [0.29, 0.717) is 0 Å². The summed E-state index contributed by atoms with van der Waals surface area (Å²) in [7, 11) is 0. The van der Waals surface area contributed by atoms with Crippen LogP contribution in [0.15, 0.2) is 0 Å². The first-order valence-electron chi connectivity index (χ1n) is 0. The van der Waals surface area contributed by atoms with Crippen molar-refractivity contribution in [1.82, 2.24) is 6.15 Å². The van der Waals surface area contributed by atoms with Crippen LogP contribution in [-0.2, 0) is 19.8 Å². The predicted molar refractivity (Wildman–Crippen MR) is 15.9 cm³/mol. The van der Waals surface area contributed by atoms with Gasteiger partial charge in [0, 0.05) is 19.8 Å². The van der Waals surface area contributed by atoms with Crippen LogP contribution in [0.3, 0.4) is 0 Å². The Bertz CT molecular complexity index is 10.8. The van der Waals surface area contributed by atoms with Crippen LogP contribution in [0, 0.1) is 0 Å². The summed E-state index contributed by atoms with van der Waals surface area (Å²) < 4.78 is 0. The van der Waals surface area contributed by atoms with Crippen molar-refractivity contribution in [3.05, 3.63) is 0 Å². The van der Waals surface area contributed by atoms with E-state index in [9.17, 15) is 0 Å². The van der Waals surface area contributed by atoms with Crippen molar-refractivity contribution in [2.75, 3.05) is 0 Å². The zero-order valence-corrected chi connectivity index (χ0v) is 9.22. The van der Waals surface area contributed by atoms with Gasteiger partial charge in [-0.2, -0.15) is 0 Å². The van der Waals surface area contributed by atoms with Gasteiger partial charge in [-0.05, 0) is 0 Å². The minimum atomic E-state index is 0. The van der Waals surface area contributed by atoms with E-state index in [1.807, 2.05) is 0 Å². The van der Waals surface area contributed by atoms with Crippen LogP contribution < -0.4 is 57.5 Å². The second kappa shape index (κ2) is 59.5. The minimum Gasteiger partial charge on any atom is -0.412 e. The molecule has 4 nitrogen and oxygen atoms in total. The zero-order chi connectivity index (χ0) is 0. The molecule has 0 saturated carbocycles. The van der Waals surface area contributed by atoms with E-state index in [4.69, 9.17) is 0 Å². The van der Waals surface area contributed by atoms with Gasteiger partial charge in [0.2, 0.25) is 0 Å². The molecule has 0 atom stereocenters. The topological polar surface area (TPSA) is 130 Å². The van der Waals surface area contributed by atoms with Gasteiger partial charge in [-0.25, -0.2) is 0 Å². The Morgan fingerprint density at radius 2 is 0.667 bits per heavy atom. The summed E-state index contributed by atoms with van der Waals surface area (Å²) in [5.41, 5.74) is 0. The molecule has 0 radical (unpaired) electrons. The maximum absolute atomic E-state index is 0. The predicted octanol–water partition coefficient (Wildman–Crippen LogP) is -5.31. The van der Waals surface area contributed by atoms with Gasteiger partial charge in [0.1, 0.15) is 0 Å². The van der Waals surface area contributed by atoms with Gasteiger partial charge in [0.15, 0.2) is 0 Å². The molecule has 9 N–H and O–H groups in total. The Morgan fingerprint density at radius 3 is 0.667 bits per heavy atom. The first-order chi connectivity index (χ1) is 0. The molecule has 40 valence electrons. The van der Waals surface area contributed by atoms with Crippen LogP contribution in [0.4, 0.5) is 0 Å². The summed E-state index contributed by atoms with van der Waals surface area (Å²) in [5.74, 6) is 0. The average molecular weight is 300 g/mol. The van der Waals surface area contributed by atoms with Crippen LogP contribution in [0.1, 0.15) is 0 Å². The van der Waals surface area contributed by atoms with Crippen molar-refractivity contribution in [3.8, 4) is 0 Å². The molecule has 0 bridgehead atoms. The molecule has 0 spiro atoms. The summed E-state index contributed by atoms with van der Waals surface area (Å²) in [4.78, 5) is 0. The molecule has 0 aliphatic rings. The van der Waals surface area contributed by atoms with Gasteiger partial charge in [0.25, 0.3) is 0 Å². The average Bonchev–Trinajstić information content (AvgIpc) is 0. The van der Waals surface area contributed by atoms with Crippen molar-refractivity contribution >= 4 is 0 Å². The molecule has 6 heavy (non-hydrogen) atoms. The molecule has 0 fully saturated rings. The van der Waals surface area contributed by atoms with E-state index in [1.165, 1.54) is 0 Å². The van der Waals surface area contributed by atoms with Gasteiger partial charge in [0.05, 0.1) is 0 Å². The molecule has 0 aromatic heterocycles. The van der Waals surface area contributed by atoms with Crippen molar-refractivity contribution in [3.63, 3.8) is 0 Å². The molecule has 0 rings (SSSR count). The van der Waals surface area contributed by atoms with E-state index in [2.05, 4.69) is 0 Å². The van der Waals surface area contributed by atoms with Crippen LogP contribution in [0.25, 0.3) is 0 Å². The minimum absolute atomic E-state index is 0. The Balaban J connectivity index is 0. The molecular weight excluding hydrogens is 291 g/mol. The molecular formula is H9KNO3Os+. The largest absolute Gasteiger partial charge is 1.00 e. The molecule has 0 amide bonds. The quantitative estimate of drug-likeness (QED) is 0.440. The van der Waals surface area contributed by atoms with Gasteiger partial charge in [-0.1, -0.05) is 0 Å². The Labute approximate surface area is 92.0 Å². The first-order valence-corrected chi connectivity index (χ1v) is 0. The van der Waals surface area contributed by atoms with Crippen LogP contribution in [0.5, 0.6) is 0 Å². The third-order valence-corrected chi connectivity index (χ3v) is 0. The summed E-state index contributed by atoms with van der Waals surface area (Å²) >= 11 is 0. The summed E-state index contributed by atoms with van der Waals surface area (Å²) in [6.07, 6.45) is 0. The fourth-order valence-corrected chi connectivity index (χ4v) is 0. The SMILES string of the molecule is N.O.O.O.[K+].[Os]. The zero-order valence-electron chi connectivity index (χ0n) is 3.56. The fraction of sp³-hybridized carbons (Fsp3) is 0. The van der Waals surface area contributed by atoms with Crippen LogP contribution in [-0.4, -0.2) is 16.4 Å². The van der Waals surface area contributed by atoms with E-state index in [1.54, 1.807) is 0 Å². The van der Waals surface area contributed by atoms with E-state index >= 15 is 0 Å². The molecule has 0 aromatic carbocycles.